The summed E-state index contributed by atoms with van der Waals surface area (Å²) in [5.74, 6) is -15.1. The molecule has 3 rings (SSSR count). The fourth-order valence-electron chi connectivity index (χ4n) is 3.79. The SMILES string of the molecule is CCC1CC(=O)N(Cc2ccc(NC(=O)C(F)(F)C(F)(F)F)cc2)N=C1c1ccc(OC(F)(F)F)c(OC)c1.O=C(Cl)C(F)(F)C(F)(F)F. The lowest BCUT2D eigenvalue weighted by Gasteiger charge is -2.29. The molecule has 8 nitrogen and oxygen atoms in total. The lowest BCUT2D eigenvalue weighted by atomic mass is 9.89. The van der Waals surface area contributed by atoms with Gasteiger partial charge in [0.25, 0.3) is 0 Å². The third-order valence-electron chi connectivity index (χ3n) is 6.29. The van der Waals surface area contributed by atoms with Gasteiger partial charge in [0.1, 0.15) is 0 Å². The highest BCUT2D eigenvalue weighted by Crippen LogP contribution is 2.38. The largest absolute Gasteiger partial charge is 0.573 e. The van der Waals surface area contributed by atoms with E-state index in [9.17, 15) is 71.5 Å². The van der Waals surface area contributed by atoms with Crippen LogP contribution in [0.15, 0.2) is 47.6 Å². The molecular formula is C27H21ClF13N3O5. The van der Waals surface area contributed by atoms with Gasteiger partial charge in [0.15, 0.2) is 11.5 Å². The Bertz CT molecular complexity index is 1540. The summed E-state index contributed by atoms with van der Waals surface area (Å²) in [6.07, 6.45) is -16.4. The number of rotatable bonds is 9. The first-order valence-electron chi connectivity index (χ1n) is 13.1. The average Bonchev–Trinajstić information content (AvgIpc) is 2.97. The number of hydrogen-bond donors (Lipinski definition) is 1. The number of nitrogens with one attached hydrogen (secondary N) is 1. The number of hydrogen-bond acceptors (Lipinski definition) is 6. The number of amides is 2. The molecule has 1 N–H and O–H groups in total. The van der Waals surface area contributed by atoms with Crippen molar-refractivity contribution in [3.63, 3.8) is 0 Å². The molecule has 0 bridgehead atoms. The summed E-state index contributed by atoms with van der Waals surface area (Å²) in [6.45, 7) is 1.68. The third-order valence-corrected chi connectivity index (χ3v) is 6.53. The first kappa shape index (κ1) is 40.9. The first-order chi connectivity index (χ1) is 22.2. The van der Waals surface area contributed by atoms with E-state index in [1.54, 1.807) is 6.92 Å². The molecule has 0 aliphatic carbocycles. The molecule has 0 radical (unpaired) electrons. The third kappa shape index (κ3) is 10.3. The zero-order chi connectivity index (χ0) is 37.8. The number of benzene rings is 2. The molecule has 0 saturated heterocycles. The minimum Gasteiger partial charge on any atom is -0.493 e. The van der Waals surface area contributed by atoms with Crippen molar-refractivity contribution in [1.29, 1.82) is 0 Å². The van der Waals surface area contributed by atoms with Gasteiger partial charge >= 0.3 is 41.7 Å². The van der Waals surface area contributed by atoms with Gasteiger partial charge in [-0.2, -0.15) is 49.0 Å². The van der Waals surface area contributed by atoms with Crippen LogP contribution in [0.4, 0.5) is 62.8 Å². The summed E-state index contributed by atoms with van der Waals surface area (Å²) in [5, 5.41) is 4.24. The molecule has 1 unspecified atom stereocenters. The summed E-state index contributed by atoms with van der Waals surface area (Å²) in [5.41, 5.74) is 0.844. The number of carbonyl (C=O) groups excluding carboxylic acids is 3. The molecule has 2 amide bonds. The minimum atomic E-state index is -6.06. The second-order valence-corrected chi connectivity index (χ2v) is 10.1. The van der Waals surface area contributed by atoms with E-state index in [0.717, 1.165) is 30.3 Å². The van der Waals surface area contributed by atoms with Gasteiger partial charge in [0.2, 0.25) is 5.91 Å². The fourth-order valence-corrected chi connectivity index (χ4v) is 3.89. The summed E-state index contributed by atoms with van der Waals surface area (Å²) in [4.78, 5) is 33.5. The molecule has 22 heteroatoms. The van der Waals surface area contributed by atoms with E-state index in [2.05, 4.69) is 21.4 Å². The maximum absolute atomic E-state index is 13.2. The van der Waals surface area contributed by atoms with Crippen molar-refractivity contribution in [3.05, 3.63) is 53.6 Å². The van der Waals surface area contributed by atoms with Gasteiger partial charge in [-0.25, -0.2) is 5.01 Å². The number of alkyl halides is 13. The van der Waals surface area contributed by atoms with E-state index in [1.165, 1.54) is 29.6 Å². The van der Waals surface area contributed by atoms with Gasteiger partial charge in [-0.1, -0.05) is 19.1 Å². The second-order valence-electron chi connectivity index (χ2n) is 9.73. The van der Waals surface area contributed by atoms with Gasteiger partial charge in [-0.15, -0.1) is 13.2 Å². The molecule has 1 atom stereocenters. The molecule has 0 saturated carbocycles. The predicted octanol–water partition coefficient (Wildman–Crippen LogP) is 7.84. The maximum Gasteiger partial charge on any atom is 0.573 e. The van der Waals surface area contributed by atoms with Crippen LogP contribution in [0.5, 0.6) is 11.5 Å². The maximum atomic E-state index is 13.2. The highest BCUT2D eigenvalue weighted by molar-refractivity contribution is 6.65. The number of hydrazone groups is 1. The van der Waals surface area contributed by atoms with Crippen molar-refractivity contribution >= 4 is 40.1 Å². The number of methoxy groups -OCH3 is 1. The second kappa shape index (κ2) is 15.1. The Kier molecular flexibility index (Phi) is 12.6. The van der Waals surface area contributed by atoms with Crippen molar-refractivity contribution in [1.82, 2.24) is 5.01 Å². The minimum absolute atomic E-state index is 0.0269. The van der Waals surface area contributed by atoms with Crippen molar-refractivity contribution < 1.29 is 80.9 Å². The number of carbonyl (C=O) groups is 3. The van der Waals surface area contributed by atoms with E-state index in [1.807, 2.05) is 0 Å². The van der Waals surface area contributed by atoms with Gasteiger partial charge in [0.05, 0.1) is 19.4 Å². The highest BCUT2D eigenvalue weighted by Gasteiger charge is 2.64. The molecule has 0 spiro atoms. The Morgan fingerprint density at radius 3 is 1.86 bits per heavy atom. The molecular weight excluding hydrogens is 729 g/mol. The van der Waals surface area contributed by atoms with Gasteiger partial charge in [0, 0.05) is 23.6 Å². The van der Waals surface area contributed by atoms with Crippen LogP contribution in [0.2, 0.25) is 0 Å². The zero-order valence-corrected chi connectivity index (χ0v) is 25.2. The number of halogens is 14. The molecule has 272 valence electrons. The lowest BCUT2D eigenvalue weighted by molar-refractivity contribution is -0.275. The van der Waals surface area contributed by atoms with Crippen LogP contribution in [0.25, 0.3) is 0 Å². The number of ether oxygens (including phenoxy) is 2. The summed E-state index contributed by atoms with van der Waals surface area (Å²) >= 11 is 3.95. The van der Waals surface area contributed by atoms with E-state index in [0.29, 0.717) is 23.3 Å². The number of nitrogens with zero attached hydrogens (tertiary/aromatic N) is 2. The monoisotopic (exact) mass is 749 g/mol. The standard InChI is InChI=1S/C24H21F8N3O4.C3ClF5O/c1-3-14-11-19(36)35(34-20(14)15-6-9-17(18(10-15)38-2)39-24(30,31)32)12-13-4-7-16(8-5-13)33-21(37)22(25,26)23(27,28)29;4-1(10)2(5,6)3(7,8)9/h4-10,14H,3,11-12H2,1-2H3,(H,33,37);. The normalized spacial score (nSPS) is 15.9. The Labute approximate surface area is 271 Å². The smallest absolute Gasteiger partial charge is 0.493 e. The van der Waals surface area contributed by atoms with Crippen molar-refractivity contribution in [2.24, 2.45) is 11.0 Å². The van der Waals surface area contributed by atoms with Crippen LogP contribution in [0, 0.1) is 5.92 Å². The van der Waals surface area contributed by atoms with Crippen LogP contribution in [0.3, 0.4) is 0 Å². The van der Waals surface area contributed by atoms with Crippen LogP contribution < -0.4 is 14.8 Å². The van der Waals surface area contributed by atoms with E-state index in [-0.39, 0.29) is 36.2 Å². The van der Waals surface area contributed by atoms with Crippen LogP contribution >= 0.6 is 11.6 Å². The van der Waals surface area contributed by atoms with E-state index < -0.39 is 47.5 Å². The lowest BCUT2D eigenvalue weighted by Crippen LogP contribution is -2.47. The molecule has 49 heavy (non-hydrogen) atoms. The number of anilines is 1. The summed E-state index contributed by atoms with van der Waals surface area (Å²) in [6, 6.07) is 8.45. The molecule has 1 aliphatic rings. The Hall–Kier alpha value is -4.30. The van der Waals surface area contributed by atoms with Crippen molar-refractivity contribution in [2.45, 2.75) is 56.9 Å². The fraction of sp³-hybridized carbons (Fsp3) is 0.407. The van der Waals surface area contributed by atoms with E-state index in [4.69, 9.17) is 4.74 Å². The Morgan fingerprint density at radius 1 is 0.878 bits per heavy atom. The predicted molar refractivity (Wildman–Crippen MR) is 143 cm³/mol. The Morgan fingerprint density at radius 2 is 1.43 bits per heavy atom. The molecule has 1 heterocycles. The van der Waals surface area contributed by atoms with E-state index >= 15 is 0 Å². The first-order valence-corrected chi connectivity index (χ1v) is 13.4. The topological polar surface area (TPSA) is 97.3 Å². The van der Waals surface area contributed by atoms with Gasteiger partial charge < -0.3 is 14.8 Å². The van der Waals surface area contributed by atoms with Gasteiger partial charge in [-0.3, -0.25) is 14.4 Å². The van der Waals surface area contributed by atoms with Crippen molar-refractivity contribution in [3.8, 4) is 11.5 Å². The molecule has 0 fully saturated rings. The van der Waals surface area contributed by atoms with Gasteiger partial charge in [-0.05, 0) is 53.9 Å². The van der Waals surface area contributed by atoms with Crippen LogP contribution in [-0.4, -0.2) is 65.4 Å². The molecule has 1 aliphatic heterocycles. The molecule has 2 aromatic rings. The highest BCUT2D eigenvalue weighted by atomic mass is 35.5. The van der Waals surface area contributed by atoms with Crippen molar-refractivity contribution in [2.75, 3.05) is 12.4 Å². The summed E-state index contributed by atoms with van der Waals surface area (Å²) < 4.78 is 166. The van der Waals surface area contributed by atoms with Crippen LogP contribution in [-0.2, 0) is 20.9 Å². The Balaban J connectivity index is 0.000000722. The molecule has 2 aromatic carbocycles. The van der Waals surface area contributed by atoms with Crippen LogP contribution in [0.1, 0.15) is 30.9 Å². The molecule has 0 aromatic heterocycles. The zero-order valence-electron chi connectivity index (χ0n) is 24.5. The summed E-state index contributed by atoms with van der Waals surface area (Å²) in [7, 11) is 1.16. The average molecular weight is 750 g/mol. The quantitative estimate of drug-likeness (QED) is 0.208.